The van der Waals surface area contributed by atoms with Crippen LogP contribution < -0.4 is 14.8 Å². The highest BCUT2D eigenvalue weighted by molar-refractivity contribution is 7.89. The fraction of sp³-hybridized carbons (Fsp3) is 0.458. The van der Waals surface area contributed by atoms with Gasteiger partial charge in [0.1, 0.15) is 4.90 Å². The van der Waals surface area contributed by atoms with E-state index in [1.807, 2.05) is 32.0 Å². The Hall–Kier alpha value is -2.29. The number of halogens is 1. The molecular formula is C24H31ClN2O5S. The van der Waals surface area contributed by atoms with Crippen molar-refractivity contribution in [1.29, 1.82) is 0 Å². The van der Waals surface area contributed by atoms with E-state index in [4.69, 9.17) is 21.1 Å². The lowest BCUT2D eigenvalue weighted by molar-refractivity contribution is 0.0954. The van der Waals surface area contributed by atoms with E-state index in [-0.39, 0.29) is 21.4 Å². The second-order valence-electron chi connectivity index (χ2n) is 7.76. The second kappa shape index (κ2) is 11.7. The van der Waals surface area contributed by atoms with E-state index < -0.39 is 10.0 Å². The monoisotopic (exact) mass is 494 g/mol. The van der Waals surface area contributed by atoms with Gasteiger partial charge in [-0.2, -0.15) is 4.31 Å². The third-order valence-electron chi connectivity index (χ3n) is 5.43. The molecule has 180 valence electrons. The van der Waals surface area contributed by atoms with Crippen molar-refractivity contribution in [2.24, 2.45) is 0 Å². The summed E-state index contributed by atoms with van der Waals surface area (Å²) in [6, 6.07) is 10.1. The average Bonchev–Trinajstić information content (AvgIpc) is 2.81. The summed E-state index contributed by atoms with van der Waals surface area (Å²) in [6.45, 7) is 6.23. The summed E-state index contributed by atoms with van der Waals surface area (Å²) in [7, 11) is -3.74. The van der Waals surface area contributed by atoms with E-state index in [0.717, 1.165) is 24.8 Å². The zero-order valence-corrected chi connectivity index (χ0v) is 20.7. The normalized spacial score (nSPS) is 14.6. The molecule has 33 heavy (non-hydrogen) atoms. The molecule has 3 rings (SSSR count). The van der Waals surface area contributed by atoms with Gasteiger partial charge < -0.3 is 14.8 Å². The summed E-state index contributed by atoms with van der Waals surface area (Å²) in [5, 5.41) is 2.97. The number of amides is 1. The van der Waals surface area contributed by atoms with E-state index in [0.29, 0.717) is 50.8 Å². The van der Waals surface area contributed by atoms with Crippen LogP contribution in [0.25, 0.3) is 0 Å². The number of sulfonamides is 1. The lowest BCUT2D eigenvalue weighted by Gasteiger charge is -2.26. The van der Waals surface area contributed by atoms with Gasteiger partial charge in [0.2, 0.25) is 10.0 Å². The Kier molecular flexibility index (Phi) is 9.00. The fourth-order valence-electron chi connectivity index (χ4n) is 3.76. The summed E-state index contributed by atoms with van der Waals surface area (Å²) in [6.07, 6.45) is 3.26. The van der Waals surface area contributed by atoms with Gasteiger partial charge in [-0.1, -0.05) is 24.1 Å². The Bertz CT molecular complexity index is 1070. The molecule has 1 amide bonds. The molecule has 9 heteroatoms. The van der Waals surface area contributed by atoms with Gasteiger partial charge in [-0.15, -0.1) is 0 Å². The van der Waals surface area contributed by atoms with Gasteiger partial charge >= 0.3 is 0 Å². The summed E-state index contributed by atoms with van der Waals surface area (Å²) in [4.78, 5) is 12.7. The van der Waals surface area contributed by atoms with Gasteiger partial charge in [-0.25, -0.2) is 8.42 Å². The number of hydrogen-bond acceptors (Lipinski definition) is 5. The summed E-state index contributed by atoms with van der Waals surface area (Å²) in [5.41, 5.74) is 1.25. The van der Waals surface area contributed by atoms with Gasteiger partial charge in [0.05, 0.1) is 18.2 Å². The topological polar surface area (TPSA) is 84.9 Å². The fourth-order valence-corrected chi connectivity index (χ4v) is 5.78. The summed E-state index contributed by atoms with van der Waals surface area (Å²) in [5.74, 6) is 1.02. The Labute approximate surface area is 201 Å². The predicted molar refractivity (Wildman–Crippen MR) is 129 cm³/mol. The van der Waals surface area contributed by atoms with Crippen LogP contribution in [0.3, 0.4) is 0 Å². The molecule has 0 aromatic heterocycles. The average molecular weight is 495 g/mol. The third-order valence-corrected chi connectivity index (χ3v) is 7.81. The number of rotatable bonds is 10. The van der Waals surface area contributed by atoms with Crippen LogP contribution in [0, 0.1) is 0 Å². The number of nitrogens with zero attached hydrogens (tertiary/aromatic N) is 1. The van der Waals surface area contributed by atoms with Crippen molar-refractivity contribution in [3.05, 3.63) is 52.5 Å². The molecule has 0 atom stereocenters. The Morgan fingerprint density at radius 2 is 1.70 bits per heavy atom. The van der Waals surface area contributed by atoms with E-state index in [1.165, 1.54) is 22.5 Å². The minimum Gasteiger partial charge on any atom is -0.490 e. The number of nitrogens with one attached hydrogen (secondary N) is 1. The van der Waals surface area contributed by atoms with Crippen molar-refractivity contribution in [2.75, 3.05) is 32.8 Å². The maximum Gasteiger partial charge on any atom is 0.251 e. The molecular weight excluding hydrogens is 464 g/mol. The molecule has 2 aromatic rings. The lowest BCUT2D eigenvalue weighted by atomic mass is 10.1. The van der Waals surface area contributed by atoms with Crippen LogP contribution in [0.15, 0.2) is 41.3 Å². The molecule has 1 N–H and O–H groups in total. The van der Waals surface area contributed by atoms with Crippen molar-refractivity contribution in [1.82, 2.24) is 9.62 Å². The molecule has 0 aliphatic carbocycles. The van der Waals surface area contributed by atoms with Gasteiger partial charge in [-0.05, 0) is 69.0 Å². The molecule has 0 spiro atoms. The van der Waals surface area contributed by atoms with Crippen LogP contribution in [-0.2, 0) is 16.4 Å². The minimum absolute atomic E-state index is 0.0217. The van der Waals surface area contributed by atoms with E-state index in [9.17, 15) is 13.2 Å². The smallest absolute Gasteiger partial charge is 0.251 e. The van der Waals surface area contributed by atoms with Crippen LogP contribution in [0.2, 0.25) is 5.02 Å². The van der Waals surface area contributed by atoms with Crippen LogP contribution in [-0.4, -0.2) is 51.5 Å². The molecule has 1 fully saturated rings. The number of carbonyl (C=O) groups excluding carboxylic acids is 1. The van der Waals surface area contributed by atoms with Crippen molar-refractivity contribution < 1.29 is 22.7 Å². The van der Waals surface area contributed by atoms with Crippen LogP contribution in [0.1, 0.15) is 49.0 Å². The number of benzene rings is 2. The van der Waals surface area contributed by atoms with Gasteiger partial charge in [0.15, 0.2) is 11.5 Å². The molecule has 1 aliphatic heterocycles. The minimum atomic E-state index is -3.74. The molecule has 1 aliphatic rings. The van der Waals surface area contributed by atoms with Crippen LogP contribution in [0.5, 0.6) is 11.5 Å². The first kappa shape index (κ1) is 25.3. The van der Waals surface area contributed by atoms with Crippen molar-refractivity contribution in [2.45, 2.75) is 44.4 Å². The number of piperidine rings is 1. The van der Waals surface area contributed by atoms with Crippen molar-refractivity contribution >= 4 is 27.5 Å². The Balaban J connectivity index is 1.66. The molecule has 0 saturated carbocycles. The first-order chi connectivity index (χ1) is 15.9. The molecule has 2 aromatic carbocycles. The highest BCUT2D eigenvalue weighted by Gasteiger charge is 2.28. The molecule has 7 nitrogen and oxygen atoms in total. The standard InChI is InChI=1S/C24H31ClN2O5S/c1-3-31-21-11-8-18(16-22(21)32-4-2)12-13-26-24(28)19-9-10-20(25)23(17-19)33(29,30)27-14-6-5-7-15-27/h8-11,16-17H,3-7,12-15H2,1-2H3,(H,26,28). The molecule has 1 saturated heterocycles. The molecule has 0 radical (unpaired) electrons. The van der Waals surface area contributed by atoms with Gasteiger partial charge in [0, 0.05) is 25.2 Å². The Morgan fingerprint density at radius 3 is 2.39 bits per heavy atom. The first-order valence-electron chi connectivity index (χ1n) is 11.3. The number of ether oxygens (including phenoxy) is 2. The number of carbonyl (C=O) groups is 1. The highest BCUT2D eigenvalue weighted by atomic mass is 35.5. The third kappa shape index (κ3) is 6.40. The van der Waals surface area contributed by atoms with Crippen molar-refractivity contribution in [3.63, 3.8) is 0 Å². The van der Waals surface area contributed by atoms with E-state index >= 15 is 0 Å². The quantitative estimate of drug-likeness (QED) is 0.532. The largest absolute Gasteiger partial charge is 0.490 e. The number of hydrogen-bond donors (Lipinski definition) is 1. The molecule has 0 unspecified atom stereocenters. The maximum atomic E-state index is 13.0. The first-order valence-corrected chi connectivity index (χ1v) is 13.1. The predicted octanol–water partition coefficient (Wildman–Crippen LogP) is 4.28. The highest BCUT2D eigenvalue weighted by Crippen LogP contribution is 2.29. The molecule has 0 bridgehead atoms. The zero-order chi connectivity index (χ0) is 23.8. The van der Waals surface area contributed by atoms with Gasteiger partial charge in [0.25, 0.3) is 5.91 Å². The van der Waals surface area contributed by atoms with E-state index in [1.54, 1.807) is 0 Å². The van der Waals surface area contributed by atoms with Crippen molar-refractivity contribution in [3.8, 4) is 11.5 Å². The summed E-state index contributed by atoms with van der Waals surface area (Å²) < 4.78 is 38.7. The van der Waals surface area contributed by atoms with Gasteiger partial charge in [-0.3, -0.25) is 4.79 Å². The zero-order valence-electron chi connectivity index (χ0n) is 19.1. The van der Waals surface area contributed by atoms with E-state index in [2.05, 4.69) is 5.32 Å². The molecule has 1 heterocycles. The maximum absolute atomic E-state index is 13.0. The lowest BCUT2D eigenvalue weighted by Crippen LogP contribution is -2.36. The summed E-state index contributed by atoms with van der Waals surface area (Å²) >= 11 is 6.21. The Morgan fingerprint density at radius 1 is 1.00 bits per heavy atom. The SMILES string of the molecule is CCOc1ccc(CCNC(=O)c2ccc(Cl)c(S(=O)(=O)N3CCCCC3)c2)cc1OCC. The van der Waals surface area contributed by atoms with Crippen LogP contribution >= 0.6 is 11.6 Å². The van der Waals surface area contributed by atoms with Crippen LogP contribution in [0.4, 0.5) is 0 Å². The second-order valence-corrected chi connectivity index (χ2v) is 10.1.